The first-order valence-electron chi connectivity index (χ1n) is 5.58. The van der Waals surface area contributed by atoms with Gasteiger partial charge >= 0.3 is 5.97 Å². The normalized spacial score (nSPS) is 10.3. The van der Waals surface area contributed by atoms with Gasteiger partial charge < -0.3 is 10.4 Å². The minimum Gasteiger partial charge on any atom is -0.478 e. The van der Waals surface area contributed by atoms with Gasteiger partial charge in [-0.05, 0) is 32.0 Å². The minimum absolute atomic E-state index is 0.0715. The van der Waals surface area contributed by atoms with Crippen molar-refractivity contribution < 1.29 is 9.90 Å². The maximum atomic E-state index is 10.9. The predicted octanol–water partition coefficient (Wildman–Crippen LogP) is 3.19. The molecular formula is C13H12ClN3O2. The molecule has 2 N–H and O–H groups in total. The highest BCUT2D eigenvalue weighted by atomic mass is 35.5. The number of nitrogens with one attached hydrogen (secondary N) is 1. The summed E-state index contributed by atoms with van der Waals surface area (Å²) in [5, 5.41) is 12.1. The van der Waals surface area contributed by atoms with Crippen LogP contribution in [0.4, 0.5) is 11.5 Å². The number of halogens is 1. The molecule has 0 spiro atoms. The van der Waals surface area contributed by atoms with Gasteiger partial charge in [-0.1, -0.05) is 11.6 Å². The zero-order valence-electron chi connectivity index (χ0n) is 10.4. The lowest BCUT2D eigenvalue weighted by Crippen LogP contribution is -2.01. The number of aromatic nitrogens is 2. The van der Waals surface area contributed by atoms with Crippen LogP contribution in [-0.2, 0) is 0 Å². The molecule has 0 aliphatic carbocycles. The molecule has 19 heavy (non-hydrogen) atoms. The van der Waals surface area contributed by atoms with Gasteiger partial charge in [-0.3, -0.25) is 0 Å². The second-order valence-corrected chi connectivity index (χ2v) is 4.47. The molecule has 0 fully saturated rings. The van der Waals surface area contributed by atoms with Crippen molar-refractivity contribution in [2.75, 3.05) is 5.32 Å². The monoisotopic (exact) mass is 277 g/mol. The first kappa shape index (κ1) is 13.3. The minimum atomic E-state index is -1.05. The van der Waals surface area contributed by atoms with Crippen molar-refractivity contribution in [1.29, 1.82) is 0 Å². The lowest BCUT2D eigenvalue weighted by Gasteiger charge is -2.08. The van der Waals surface area contributed by atoms with Gasteiger partial charge in [0.1, 0.15) is 11.6 Å². The van der Waals surface area contributed by atoms with Crippen molar-refractivity contribution in [3.63, 3.8) is 0 Å². The zero-order chi connectivity index (χ0) is 14.0. The molecule has 0 saturated heterocycles. The van der Waals surface area contributed by atoms with Crippen molar-refractivity contribution in [3.05, 3.63) is 46.4 Å². The van der Waals surface area contributed by atoms with Crippen LogP contribution in [0.15, 0.2) is 24.3 Å². The summed E-state index contributed by atoms with van der Waals surface area (Å²) in [6.07, 6.45) is 0. The number of hydrogen-bond donors (Lipinski definition) is 2. The van der Waals surface area contributed by atoms with E-state index in [1.807, 2.05) is 6.92 Å². The van der Waals surface area contributed by atoms with Crippen LogP contribution in [0.2, 0.25) is 5.02 Å². The molecular weight excluding hydrogens is 266 g/mol. The van der Waals surface area contributed by atoms with Gasteiger partial charge in [0.2, 0.25) is 0 Å². The number of carboxylic acids is 1. The summed E-state index contributed by atoms with van der Waals surface area (Å²) < 4.78 is 0. The number of hydrogen-bond acceptors (Lipinski definition) is 4. The Balaban J connectivity index is 2.28. The smallest absolute Gasteiger partial charge is 0.337 e. The summed E-state index contributed by atoms with van der Waals surface area (Å²) >= 11 is 5.90. The molecule has 98 valence electrons. The van der Waals surface area contributed by atoms with Crippen LogP contribution >= 0.6 is 11.6 Å². The molecule has 2 rings (SSSR count). The Morgan fingerprint density at radius 1 is 1.26 bits per heavy atom. The second-order valence-electron chi connectivity index (χ2n) is 4.07. The number of anilines is 2. The average molecular weight is 278 g/mol. The summed E-state index contributed by atoms with van der Waals surface area (Å²) in [6, 6.07) is 6.44. The van der Waals surface area contributed by atoms with Gasteiger partial charge in [-0.15, -0.1) is 0 Å². The largest absolute Gasteiger partial charge is 0.478 e. The summed E-state index contributed by atoms with van der Waals surface area (Å²) in [5.41, 5.74) is 1.60. The molecule has 0 unspecified atom stereocenters. The summed E-state index contributed by atoms with van der Waals surface area (Å²) in [7, 11) is 0. The number of aromatic carboxylic acids is 1. The molecule has 2 aromatic rings. The molecule has 0 aliphatic heterocycles. The Bertz CT molecular complexity index is 624. The molecule has 1 aromatic carbocycles. The van der Waals surface area contributed by atoms with Crippen molar-refractivity contribution in [2.24, 2.45) is 0 Å². The van der Waals surface area contributed by atoms with E-state index < -0.39 is 5.97 Å². The van der Waals surface area contributed by atoms with Crippen LogP contribution in [0.5, 0.6) is 0 Å². The lowest BCUT2D eigenvalue weighted by molar-refractivity contribution is 0.0697. The second kappa shape index (κ2) is 5.24. The van der Waals surface area contributed by atoms with Gasteiger partial charge in [0.15, 0.2) is 0 Å². The summed E-state index contributed by atoms with van der Waals surface area (Å²) in [5.74, 6) is 0.255. The molecule has 0 saturated carbocycles. The van der Waals surface area contributed by atoms with E-state index >= 15 is 0 Å². The molecule has 1 aromatic heterocycles. The summed E-state index contributed by atoms with van der Waals surface area (Å²) in [6.45, 7) is 3.68. The van der Waals surface area contributed by atoms with Crippen molar-refractivity contribution in [2.45, 2.75) is 13.8 Å². The van der Waals surface area contributed by atoms with Gasteiger partial charge in [-0.25, -0.2) is 14.8 Å². The fourth-order valence-corrected chi connectivity index (χ4v) is 1.96. The number of carbonyl (C=O) groups is 1. The fraction of sp³-hybridized carbons (Fsp3) is 0.154. The van der Waals surface area contributed by atoms with Gasteiger partial charge in [-0.2, -0.15) is 0 Å². The molecule has 6 heteroatoms. The van der Waals surface area contributed by atoms with Crippen LogP contribution < -0.4 is 5.32 Å². The zero-order valence-corrected chi connectivity index (χ0v) is 11.2. The number of benzene rings is 1. The fourth-order valence-electron chi connectivity index (χ4n) is 1.70. The standard InChI is InChI=1S/C13H12ClN3O2/c1-7-5-12(16-8(2)15-7)17-9-3-4-10(13(18)19)11(14)6-9/h3-6H,1-2H3,(H,18,19)(H,15,16,17). The van der Waals surface area contributed by atoms with E-state index in [9.17, 15) is 4.79 Å². The van der Waals surface area contributed by atoms with Crippen LogP contribution in [0.3, 0.4) is 0 Å². The molecule has 1 heterocycles. The number of nitrogens with zero attached hydrogens (tertiary/aromatic N) is 2. The van der Waals surface area contributed by atoms with Gasteiger partial charge in [0, 0.05) is 17.4 Å². The third-order valence-corrected chi connectivity index (χ3v) is 2.75. The molecule has 0 radical (unpaired) electrons. The topological polar surface area (TPSA) is 75.1 Å². The Morgan fingerprint density at radius 3 is 2.58 bits per heavy atom. The number of aryl methyl sites for hydroxylation is 2. The first-order valence-corrected chi connectivity index (χ1v) is 5.95. The van der Waals surface area contributed by atoms with Crippen LogP contribution in [0.25, 0.3) is 0 Å². The van der Waals surface area contributed by atoms with E-state index in [0.29, 0.717) is 17.3 Å². The van der Waals surface area contributed by atoms with Crippen LogP contribution in [0, 0.1) is 13.8 Å². The maximum absolute atomic E-state index is 10.9. The Morgan fingerprint density at radius 2 is 2.00 bits per heavy atom. The van der Waals surface area contributed by atoms with E-state index in [4.69, 9.17) is 16.7 Å². The van der Waals surface area contributed by atoms with Crippen molar-refractivity contribution in [3.8, 4) is 0 Å². The van der Waals surface area contributed by atoms with Crippen molar-refractivity contribution in [1.82, 2.24) is 9.97 Å². The predicted molar refractivity (Wildman–Crippen MR) is 73.2 cm³/mol. The Labute approximate surface area is 115 Å². The van der Waals surface area contributed by atoms with E-state index in [1.165, 1.54) is 6.07 Å². The van der Waals surface area contributed by atoms with Crippen LogP contribution in [-0.4, -0.2) is 21.0 Å². The van der Waals surface area contributed by atoms with E-state index in [1.54, 1.807) is 25.1 Å². The highest BCUT2D eigenvalue weighted by Gasteiger charge is 2.09. The van der Waals surface area contributed by atoms with Crippen molar-refractivity contribution >= 4 is 29.1 Å². The molecule has 0 amide bonds. The average Bonchev–Trinajstić information content (AvgIpc) is 2.26. The Kier molecular flexibility index (Phi) is 3.66. The third-order valence-electron chi connectivity index (χ3n) is 2.44. The lowest BCUT2D eigenvalue weighted by atomic mass is 10.2. The molecule has 0 aliphatic rings. The number of carboxylic acid groups (broad SMARTS) is 1. The third kappa shape index (κ3) is 3.20. The Hall–Kier alpha value is -2.14. The number of rotatable bonds is 3. The van der Waals surface area contributed by atoms with Crippen LogP contribution in [0.1, 0.15) is 21.9 Å². The van der Waals surface area contributed by atoms with Gasteiger partial charge in [0.05, 0.1) is 10.6 Å². The van der Waals surface area contributed by atoms with E-state index in [0.717, 1.165) is 5.69 Å². The molecule has 0 bridgehead atoms. The molecule has 0 atom stereocenters. The maximum Gasteiger partial charge on any atom is 0.337 e. The van der Waals surface area contributed by atoms with E-state index in [2.05, 4.69) is 15.3 Å². The molecule has 5 nitrogen and oxygen atoms in total. The van der Waals surface area contributed by atoms with Gasteiger partial charge in [0.25, 0.3) is 0 Å². The quantitative estimate of drug-likeness (QED) is 0.901. The van der Waals surface area contributed by atoms with E-state index in [-0.39, 0.29) is 10.6 Å². The highest BCUT2D eigenvalue weighted by molar-refractivity contribution is 6.33. The highest BCUT2D eigenvalue weighted by Crippen LogP contribution is 2.23. The summed E-state index contributed by atoms with van der Waals surface area (Å²) in [4.78, 5) is 19.3. The first-order chi connectivity index (χ1) is 8.95. The SMILES string of the molecule is Cc1cc(Nc2ccc(C(=O)O)c(Cl)c2)nc(C)n1.